The van der Waals surface area contributed by atoms with Gasteiger partial charge in [-0.1, -0.05) is 35.9 Å². The van der Waals surface area contributed by atoms with Gasteiger partial charge in [0.2, 0.25) is 0 Å². The highest BCUT2D eigenvalue weighted by molar-refractivity contribution is 6.33. The number of piperidine rings is 1. The SMILES string of the molecule is COc1cc(N2CCC(N)C(F)C2)ccc1Cc1ncc(Cl)c(-c2c[nH]c3ccccc23)n1. The molecule has 5 rings (SSSR count). The Kier molecular flexibility index (Phi) is 5.91. The number of aromatic nitrogens is 3. The number of fused-ring (bicyclic) bond motifs is 1. The number of methoxy groups -OCH3 is 1. The molecule has 2 aromatic carbocycles. The lowest BCUT2D eigenvalue weighted by atomic mass is 10.0. The molecule has 0 bridgehead atoms. The maximum absolute atomic E-state index is 14.1. The van der Waals surface area contributed by atoms with Crippen molar-refractivity contribution in [3.63, 3.8) is 0 Å². The van der Waals surface area contributed by atoms with Gasteiger partial charge in [0.1, 0.15) is 17.7 Å². The standard InChI is InChI=1S/C25H25ClFN5O/c1-33-23-11-16(32-9-8-21(28)20(27)14-32)7-6-15(23)10-24-30-13-19(26)25(31-24)18-12-29-22-5-3-2-4-17(18)22/h2-7,11-13,20-21,29H,8-10,14,28H2,1H3. The lowest BCUT2D eigenvalue weighted by Gasteiger charge is -2.34. The fourth-order valence-corrected chi connectivity index (χ4v) is 4.54. The van der Waals surface area contributed by atoms with Crippen LogP contribution in [0, 0.1) is 0 Å². The quantitative estimate of drug-likeness (QED) is 0.444. The van der Waals surface area contributed by atoms with Crippen LogP contribution in [0.25, 0.3) is 22.2 Å². The Balaban J connectivity index is 1.43. The molecule has 2 atom stereocenters. The molecule has 8 heteroatoms. The normalized spacial score (nSPS) is 18.6. The molecule has 0 saturated carbocycles. The molecule has 0 spiro atoms. The van der Waals surface area contributed by atoms with Gasteiger partial charge < -0.3 is 20.4 Å². The minimum atomic E-state index is -1.03. The van der Waals surface area contributed by atoms with Gasteiger partial charge in [0.05, 0.1) is 24.4 Å². The van der Waals surface area contributed by atoms with Crippen LogP contribution in [0.4, 0.5) is 10.1 Å². The van der Waals surface area contributed by atoms with Crippen molar-refractivity contribution in [2.45, 2.75) is 25.1 Å². The summed E-state index contributed by atoms with van der Waals surface area (Å²) in [7, 11) is 1.63. The van der Waals surface area contributed by atoms with Crippen molar-refractivity contribution in [2.24, 2.45) is 5.73 Å². The summed E-state index contributed by atoms with van der Waals surface area (Å²) in [6.45, 7) is 1.01. The van der Waals surface area contributed by atoms with E-state index < -0.39 is 12.2 Å². The van der Waals surface area contributed by atoms with Crippen LogP contribution in [-0.2, 0) is 6.42 Å². The number of hydrogen-bond donors (Lipinski definition) is 2. The summed E-state index contributed by atoms with van der Waals surface area (Å²) in [5, 5.41) is 1.55. The summed E-state index contributed by atoms with van der Waals surface area (Å²) in [4.78, 5) is 14.5. The molecule has 1 aliphatic rings. The van der Waals surface area contributed by atoms with Gasteiger partial charge in [-0.3, -0.25) is 0 Å². The molecule has 0 aliphatic carbocycles. The summed E-state index contributed by atoms with van der Waals surface area (Å²) < 4.78 is 19.8. The van der Waals surface area contributed by atoms with Gasteiger partial charge in [0.25, 0.3) is 0 Å². The van der Waals surface area contributed by atoms with Crippen molar-refractivity contribution in [3.05, 3.63) is 71.3 Å². The van der Waals surface area contributed by atoms with Crippen LogP contribution in [0.1, 0.15) is 17.8 Å². The molecule has 1 saturated heterocycles. The first-order chi connectivity index (χ1) is 16.0. The van der Waals surface area contributed by atoms with E-state index in [2.05, 4.69) is 9.97 Å². The first kappa shape index (κ1) is 21.7. The zero-order valence-electron chi connectivity index (χ0n) is 18.3. The summed E-state index contributed by atoms with van der Waals surface area (Å²) in [5.74, 6) is 1.35. The van der Waals surface area contributed by atoms with Crippen molar-refractivity contribution in [3.8, 4) is 17.0 Å². The molecule has 3 heterocycles. The van der Waals surface area contributed by atoms with Gasteiger partial charge in [-0.25, -0.2) is 14.4 Å². The van der Waals surface area contributed by atoms with Crippen LogP contribution < -0.4 is 15.4 Å². The van der Waals surface area contributed by atoms with Crippen LogP contribution in [0.2, 0.25) is 5.02 Å². The second-order valence-corrected chi connectivity index (χ2v) is 8.73. The third-order valence-corrected chi connectivity index (χ3v) is 6.49. The second kappa shape index (κ2) is 9.00. The fourth-order valence-electron chi connectivity index (χ4n) is 4.35. The predicted octanol–water partition coefficient (Wildman–Crippen LogP) is 4.75. The highest BCUT2D eigenvalue weighted by Crippen LogP contribution is 2.33. The number of nitrogens with zero attached hydrogens (tertiary/aromatic N) is 3. The van der Waals surface area contributed by atoms with Crippen LogP contribution in [0.5, 0.6) is 5.75 Å². The third kappa shape index (κ3) is 4.26. The molecule has 170 valence electrons. The summed E-state index contributed by atoms with van der Waals surface area (Å²) in [6, 6.07) is 13.5. The van der Waals surface area contributed by atoms with E-state index in [1.807, 2.05) is 53.6 Å². The first-order valence-electron chi connectivity index (χ1n) is 10.9. The van der Waals surface area contributed by atoms with Crippen LogP contribution in [-0.4, -0.2) is 47.4 Å². The number of ether oxygens (including phenoxy) is 1. The number of benzene rings is 2. The van der Waals surface area contributed by atoms with E-state index in [0.717, 1.165) is 34.3 Å². The van der Waals surface area contributed by atoms with E-state index in [9.17, 15) is 4.39 Å². The molecule has 0 radical (unpaired) electrons. The maximum atomic E-state index is 14.1. The molecule has 0 amide bonds. The Morgan fingerprint density at radius 2 is 2.12 bits per heavy atom. The average molecular weight is 466 g/mol. The molecular weight excluding hydrogens is 441 g/mol. The zero-order valence-corrected chi connectivity index (χ0v) is 19.0. The molecule has 4 aromatic rings. The lowest BCUT2D eigenvalue weighted by molar-refractivity contribution is 0.251. The Bertz CT molecular complexity index is 1290. The van der Waals surface area contributed by atoms with Crippen molar-refractivity contribution in [1.82, 2.24) is 15.0 Å². The van der Waals surface area contributed by atoms with E-state index in [4.69, 9.17) is 27.1 Å². The van der Waals surface area contributed by atoms with Crippen LogP contribution in [0.3, 0.4) is 0 Å². The predicted molar refractivity (Wildman–Crippen MR) is 130 cm³/mol. The minimum absolute atomic E-state index is 0.290. The van der Waals surface area contributed by atoms with Crippen LogP contribution in [0.15, 0.2) is 54.9 Å². The Morgan fingerprint density at radius 3 is 2.94 bits per heavy atom. The number of halogens is 2. The monoisotopic (exact) mass is 465 g/mol. The highest BCUT2D eigenvalue weighted by Gasteiger charge is 2.27. The Hall–Kier alpha value is -3.16. The van der Waals surface area contributed by atoms with Crippen molar-refractivity contribution in [2.75, 3.05) is 25.1 Å². The molecular formula is C25H25ClFN5O. The van der Waals surface area contributed by atoms with Crippen molar-refractivity contribution >= 4 is 28.2 Å². The molecule has 6 nitrogen and oxygen atoms in total. The summed E-state index contributed by atoms with van der Waals surface area (Å²) >= 11 is 6.47. The van der Waals surface area contributed by atoms with Gasteiger partial charge in [-0.15, -0.1) is 0 Å². The van der Waals surface area contributed by atoms with Crippen LogP contribution >= 0.6 is 11.6 Å². The summed E-state index contributed by atoms with van der Waals surface area (Å²) in [6.07, 6.45) is 3.63. The third-order valence-electron chi connectivity index (χ3n) is 6.21. The van der Waals surface area contributed by atoms with Crippen molar-refractivity contribution in [1.29, 1.82) is 0 Å². The van der Waals surface area contributed by atoms with Gasteiger partial charge >= 0.3 is 0 Å². The number of hydrogen-bond acceptors (Lipinski definition) is 5. The average Bonchev–Trinajstić information content (AvgIpc) is 3.26. The number of aromatic amines is 1. The molecule has 1 aliphatic heterocycles. The zero-order chi connectivity index (χ0) is 22.9. The Labute approximate surface area is 196 Å². The Morgan fingerprint density at radius 1 is 1.27 bits per heavy atom. The lowest BCUT2D eigenvalue weighted by Crippen LogP contribution is -2.48. The molecule has 2 aromatic heterocycles. The maximum Gasteiger partial charge on any atom is 0.133 e. The largest absolute Gasteiger partial charge is 0.496 e. The second-order valence-electron chi connectivity index (χ2n) is 8.32. The molecule has 33 heavy (non-hydrogen) atoms. The molecule has 2 unspecified atom stereocenters. The first-order valence-corrected chi connectivity index (χ1v) is 11.3. The van der Waals surface area contributed by atoms with Gasteiger partial charge in [0.15, 0.2) is 0 Å². The topological polar surface area (TPSA) is 80.1 Å². The van der Waals surface area contributed by atoms with Gasteiger partial charge in [0, 0.05) is 65.2 Å². The number of para-hydroxylation sites is 1. The van der Waals surface area contributed by atoms with E-state index in [0.29, 0.717) is 35.1 Å². The van der Waals surface area contributed by atoms with E-state index >= 15 is 0 Å². The van der Waals surface area contributed by atoms with E-state index in [1.165, 1.54) is 0 Å². The van der Waals surface area contributed by atoms with Crippen molar-refractivity contribution < 1.29 is 9.13 Å². The van der Waals surface area contributed by atoms with Gasteiger partial charge in [-0.05, 0) is 18.6 Å². The van der Waals surface area contributed by atoms with E-state index in [1.54, 1.807) is 13.3 Å². The number of H-pyrrole nitrogens is 1. The number of nitrogens with one attached hydrogen (secondary N) is 1. The van der Waals surface area contributed by atoms with E-state index in [-0.39, 0.29) is 6.54 Å². The smallest absolute Gasteiger partial charge is 0.133 e. The molecule has 1 fully saturated rings. The van der Waals surface area contributed by atoms with Gasteiger partial charge in [-0.2, -0.15) is 0 Å². The molecule has 3 N–H and O–H groups in total. The minimum Gasteiger partial charge on any atom is -0.496 e. The fraction of sp³-hybridized carbons (Fsp3) is 0.280. The summed E-state index contributed by atoms with van der Waals surface area (Å²) in [5.41, 5.74) is 10.3. The number of rotatable bonds is 5. The number of anilines is 1. The number of alkyl halides is 1. The highest BCUT2D eigenvalue weighted by atomic mass is 35.5. The number of nitrogens with two attached hydrogens (primary N) is 1.